The first-order chi connectivity index (χ1) is 13.4. The molecule has 1 aliphatic rings. The first kappa shape index (κ1) is 12.7. The molecule has 6 heteroatoms. The summed E-state index contributed by atoms with van der Waals surface area (Å²) in [6.07, 6.45) is 8.99. The Morgan fingerprint density at radius 1 is 1.16 bits per heavy atom. The van der Waals surface area contributed by atoms with Crippen molar-refractivity contribution >= 4 is 16.6 Å². The van der Waals surface area contributed by atoms with Crippen molar-refractivity contribution in [2.24, 2.45) is 6.98 Å². The second-order valence-corrected chi connectivity index (χ2v) is 6.46. The standard InChI is InChI=1S/C19H21N5O/c1-23-12-16(11-22-23)19-7-14-6-17(20-9-15(14)10-21-19)8-18(25)13-24-4-2-3-5-24/h6-7,9-12H,2-5,8,13H2,1H3/i1D3. The highest BCUT2D eigenvalue weighted by atomic mass is 16.1. The van der Waals surface area contributed by atoms with Crippen molar-refractivity contribution in [3.8, 4) is 11.3 Å². The van der Waals surface area contributed by atoms with E-state index in [4.69, 9.17) is 4.11 Å². The number of ketones is 1. The fourth-order valence-electron chi connectivity index (χ4n) is 3.24. The summed E-state index contributed by atoms with van der Waals surface area (Å²) in [5, 5.41) is 5.67. The summed E-state index contributed by atoms with van der Waals surface area (Å²) >= 11 is 0. The minimum absolute atomic E-state index is 0.169. The number of aromatic nitrogens is 4. The summed E-state index contributed by atoms with van der Waals surface area (Å²) in [4.78, 5) is 23.3. The van der Waals surface area contributed by atoms with E-state index in [9.17, 15) is 4.79 Å². The molecule has 3 aromatic heterocycles. The number of fused-ring (bicyclic) bond motifs is 1. The number of Topliss-reactive ketones (excluding diaryl/α,β-unsaturated/α-hetero) is 1. The molecule has 0 amide bonds. The van der Waals surface area contributed by atoms with Crippen LogP contribution in [0.4, 0.5) is 0 Å². The second kappa shape index (κ2) is 6.72. The van der Waals surface area contributed by atoms with Crippen molar-refractivity contribution in [3.05, 3.63) is 42.6 Å². The van der Waals surface area contributed by atoms with Crippen LogP contribution < -0.4 is 0 Å². The summed E-state index contributed by atoms with van der Waals surface area (Å²) in [6, 6.07) is 3.77. The van der Waals surface area contributed by atoms with Crippen LogP contribution in [0.2, 0.25) is 0 Å². The average molecular weight is 338 g/mol. The van der Waals surface area contributed by atoms with Gasteiger partial charge in [-0.2, -0.15) is 5.10 Å². The fourth-order valence-corrected chi connectivity index (χ4v) is 3.24. The smallest absolute Gasteiger partial charge is 0.152 e. The Labute approximate surface area is 150 Å². The summed E-state index contributed by atoms with van der Waals surface area (Å²) in [5.41, 5.74) is 1.98. The number of nitrogens with zero attached hydrogens (tertiary/aromatic N) is 5. The molecule has 4 rings (SSSR count). The average Bonchev–Trinajstić information content (AvgIpc) is 3.32. The van der Waals surface area contributed by atoms with Crippen molar-refractivity contribution in [3.63, 3.8) is 0 Å². The van der Waals surface area contributed by atoms with Gasteiger partial charge in [-0.25, -0.2) is 0 Å². The van der Waals surface area contributed by atoms with Gasteiger partial charge in [0, 0.05) is 46.3 Å². The molecule has 0 bridgehead atoms. The number of carbonyl (C=O) groups excluding carboxylic acids is 1. The van der Waals surface area contributed by atoms with Gasteiger partial charge >= 0.3 is 0 Å². The summed E-state index contributed by atoms with van der Waals surface area (Å²) in [7, 11) is 0. The highest BCUT2D eigenvalue weighted by Gasteiger charge is 2.16. The molecule has 6 nitrogen and oxygen atoms in total. The second-order valence-electron chi connectivity index (χ2n) is 6.46. The van der Waals surface area contributed by atoms with E-state index in [0.29, 0.717) is 24.2 Å². The third kappa shape index (κ3) is 3.58. The Kier molecular flexibility index (Phi) is 3.42. The lowest BCUT2D eigenvalue weighted by molar-refractivity contribution is -0.119. The molecule has 1 saturated heterocycles. The minimum Gasteiger partial charge on any atom is -0.298 e. The van der Waals surface area contributed by atoms with E-state index in [0.717, 1.165) is 47.1 Å². The molecular weight excluding hydrogens is 314 g/mol. The van der Waals surface area contributed by atoms with E-state index in [1.54, 1.807) is 12.4 Å². The molecule has 0 unspecified atom stereocenters. The van der Waals surface area contributed by atoms with Crippen LogP contribution in [-0.2, 0) is 18.2 Å². The zero-order valence-electron chi connectivity index (χ0n) is 16.9. The van der Waals surface area contributed by atoms with Gasteiger partial charge in [-0.15, -0.1) is 0 Å². The van der Waals surface area contributed by atoms with Crippen LogP contribution >= 0.6 is 0 Å². The number of hydrogen-bond donors (Lipinski definition) is 0. The Bertz CT molecular complexity index is 1010. The van der Waals surface area contributed by atoms with Gasteiger partial charge in [0.2, 0.25) is 0 Å². The summed E-state index contributed by atoms with van der Waals surface area (Å²) in [5.74, 6) is 0.169. The largest absolute Gasteiger partial charge is 0.298 e. The predicted octanol–water partition coefficient (Wildman–Crippen LogP) is 2.24. The van der Waals surface area contributed by atoms with E-state index < -0.39 is 6.98 Å². The Balaban J connectivity index is 1.55. The van der Waals surface area contributed by atoms with Gasteiger partial charge in [-0.05, 0) is 43.5 Å². The van der Waals surface area contributed by atoms with Crippen LogP contribution in [-0.4, -0.2) is 50.1 Å². The van der Waals surface area contributed by atoms with E-state index in [2.05, 4.69) is 20.0 Å². The molecule has 0 saturated carbocycles. The molecule has 0 aliphatic carbocycles. The number of aryl methyl sites for hydroxylation is 1. The topological polar surface area (TPSA) is 63.9 Å². The van der Waals surface area contributed by atoms with Gasteiger partial charge < -0.3 is 0 Å². The molecule has 0 aromatic carbocycles. The zero-order valence-corrected chi connectivity index (χ0v) is 13.9. The number of rotatable bonds is 5. The predicted molar refractivity (Wildman–Crippen MR) is 96.1 cm³/mol. The third-order valence-electron chi connectivity index (χ3n) is 4.52. The summed E-state index contributed by atoms with van der Waals surface area (Å²) < 4.78 is 23.2. The van der Waals surface area contributed by atoms with Crippen molar-refractivity contribution in [1.82, 2.24) is 24.6 Å². The van der Waals surface area contributed by atoms with Crippen LogP contribution in [0.15, 0.2) is 36.9 Å². The maximum absolute atomic E-state index is 12.3. The molecule has 0 radical (unpaired) electrons. The molecule has 25 heavy (non-hydrogen) atoms. The van der Waals surface area contributed by atoms with Gasteiger partial charge in [0.25, 0.3) is 0 Å². The van der Waals surface area contributed by atoms with Gasteiger partial charge in [0.1, 0.15) is 0 Å². The normalized spacial score (nSPS) is 17.4. The number of hydrogen-bond acceptors (Lipinski definition) is 5. The highest BCUT2D eigenvalue weighted by Crippen LogP contribution is 2.21. The van der Waals surface area contributed by atoms with Gasteiger partial charge in [0.05, 0.1) is 24.9 Å². The number of pyridine rings is 2. The lowest BCUT2D eigenvalue weighted by atomic mass is 10.1. The SMILES string of the molecule is [2H]C([2H])([2H])n1cc(-c2cc3cc(CC(=O)CN4CCCC4)ncc3cn2)cn1. The Hall–Kier alpha value is -2.60. The van der Waals surface area contributed by atoms with Crippen molar-refractivity contribution in [2.45, 2.75) is 19.3 Å². The molecule has 1 fully saturated rings. The fraction of sp³-hybridized carbons (Fsp3) is 0.368. The maximum Gasteiger partial charge on any atom is 0.152 e. The maximum atomic E-state index is 12.3. The Morgan fingerprint density at radius 3 is 2.80 bits per heavy atom. The molecule has 128 valence electrons. The van der Waals surface area contributed by atoms with Crippen molar-refractivity contribution in [1.29, 1.82) is 0 Å². The van der Waals surface area contributed by atoms with Crippen LogP contribution in [0.1, 0.15) is 22.6 Å². The quantitative estimate of drug-likeness (QED) is 0.714. The van der Waals surface area contributed by atoms with Crippen molar-refractivity contribution < 1.29 is 8.91 Å². The lowest BCUT2D eigenvalue weighted by Crippen LogP contribution is -2.27. The van der Waals surface area contributed by atoms with Gasteiger partial charge in [-0.1, -0.05) is 0 Å². The van der Waals surface area contributed by atoms with Gasteiger partial charge in [-0.3, -0.25) is 24.3 Å². The first-order valence-corrected chi connectivity index (χ1v) is 8.43. The molecule has 1 aliphatic heterocycles. The monoisotopic (exact) mass is 338 g/mol. The number of carbonyl (C=O) groups is 1. The van der Waals surface area contributed by atoms with E-state index in [1.165, 1.54) is 12.4 Å². The summed E-state index contributed by atoms with van der Waals surface area (Å²) in [6.45, 7) is 0.156. The molecule has 3 aromatic rings. The highest BCUT2D eigenvalue weighted by molar-refractivity contribution is 5.87. The van der Waals surface area contributed by atoms with Crippen LogP contribution in [0, 0.1) is 0 Å². The molecular formula is C19H21N5O. The van der Waals surface area contributed by atoms with E-state index in [-0.39, 0.29) is 5.78 Å². The number of likely N-dealkylation sites (tertiary alicyclic amines) is 1. The molecule has 0 atom stereocenters. The van der Waals surface area contributed by atoms with E-state index >= 15 is 0 Å². The molecule has 0 N–H and O–H groups in total. The van der Waals surface area contributed by atoms with Gasteiger partial charge in [0.15, 0.2) is 5.78 Å². The Morgan fingerprint density at radius 2 is 2.00 bits per heavy atom. The lowest BCUT2D eigenvalue weighted by Gasteiger charge is -2.13. The van der Waals surface area contributed by atoms with Crippen LogP contribution in [0.25, 0.3) is 22.0 Å². The van der Waals surface area contributed by atoms with Crippen LogP contribution in [0.3, 0.4) is 0 Å². The van der Waals surface area contributed by atoms with Crippen LogP contribution in [0.5, 0.6) is 0 Å². The third-order valence-corrected chi connectivity index (χ3v) is 4.52. The first-order valence-electron chi connectivity index (χ1n) is 9.93. The zero-order chi connectivity index (χ0) is 19.7. The molecule has 0 spiro atoms. The molecule has 4 heterocycles. The van der Waals surface area contributed by atoms with E-state index in [1.807, 2.05) is 12.1 Å². The van der Waals surface area contributed by atoms with Crippen molar-refractivity contribution in [2.75, 3.05) is 19.6 Å². The minimum atomic E-state index is -2.32.